The summed E-state index contributed by atoms with van der Waals surface area (Å²) in [4.78, 5) is 0. The summed E-state index contributed by atoms with van der Waals surface area (Å²) in [6.07, 6.45) is -0.622. The monoisotopic (exact) mass is 396 g/mol. The average Bonchev–Trinajstić information content (AvgIpc) is 2.76. The van der Waals surface area contributed by atoms with Gasteiger partial charge in [-0.2, -0.15) is 0 Å². The molecular formula is C15H10Br2OS. The second-order valence-electron chi connectivity index (χ2n) is 4.25. The number of halogens is 2. The normalized spacial score (nSPS) is 12.8. The summed E-state index contributed by atoms with van der Waals surface area (Å²) in [5.74, 6) is 0. The third kappa shape index (κ3) is 2.50. The Bertz CT molecular complexity index is 731. The van der Waals surface area contributed by atoms with Gasteiger partial charge in [0.1, 0.15) is 6.10 Å². The Kier molecular flexibility index (Phi) is 3.76. The highest BCUT2D eigenvalue weighted by Crippen LogP contribution is 2.39. The highest BCUT2D eigenvalue weighted by molar-refractivity contribution is 9.12. The van der Waals surface area contributed by atoms with Crippen molar-refractivity contribution < 1.29 is 5.11 Å². The number of hydrogen-bond donors (Lipinski definition) is 1. The Morgan fingerprint density at radius 1 is 0.947 bits per heavy atom. The van der Waals surface area contributed by atoms with Gasteiger partial charge >= 0.3 is 0 Å². The Balaban J connectivity index is 2.16. The van der Waals surface area contributed by atoms with Crippen molar-refractivity contribution in [2.75, 3.05) is 0 Å². The van der Waals surface area contributed by atoms with E-state index < -0.39 is 6.10 Å². The Hall–Kier alpha value is -0.680. The maximum Gasteiger partial charge on any atom is 0.107 e. The van der Waals surface area contributed by atoms with Gasteiger partial charge in [0.05, 0.1) is 7.57 Å². The predicted molar refractivity (Wildman–Crippen MR) is 87.7 cm³/mol. The van der Waals surface area contributed by atoms with Gasteiger partial charge < -0.3 is 5.11 Å². The van der Waals surface area contributed by atoms with Crippen LogP contribution in [0.5, 0.6) is 0 Å². The van der Waals surface area contributed by atoms with Crippen molar-refractivity contribution in [2.24, 2.45) is 0 Å². The summed E-state index contributed by atoms with van der Waals surface area (Å²) >= 11 is 8.53. The van der Waals surface area contributed by atoms with Crippen LogP contribution in [0.4, 0.5) is 0 Å². The van der Waals surface area contributed by atoms with Crippen molar-refractivity contribution in [3.05, 3.63) is 67.2 Å². The second-order valence-corrected chi connectivity index (χ2v) is 8.00. The molecule has 0 saturated carbocycles. The van der Waals surface area contributed by atoms with Gasteiger partial charge in [0.25, 0.3) is 0 Å². The molecule has 96 valence electrons. The number of thiophene rings is 1. The first kappa shape index (κ1) is 13.3. The molecular weight excluding hydrogens is 388 g/mol. The van der Waals surface area contributed by atoms with E-state index >= 15 is 0 Å². The summed E-state index contributed by atoms with van der Waals surface area (Å²) in [6.45, 7) is 0. The zero-order chi connectivity index (χ0) is 13.4. The van der Waals surface area contributed by atoms with Gasteiger partial charge in [0, 0.05) is 5.56 Å². The first-order valence-corrected chi connectivity index (χ1v) is 8.17. The SMILES string of the molecule is OC(c1cc(Br)sc1Br)c1cccc2ccccc12. The van der Waals surface area contributed by atoms with Crippen molar-refractivity contribution in [3.8, 4) is 0 Å². The molecule has 0 spiro atoms. The fourth-order valence-electron chi connectivity index (χ4n) is 2.20. The minimum absolute atomic E-state index is 0.622. The molecule has 1 unspecified atom stereocenters. The van der Waals surface area contributed by atoms with Gasteiger partial charge in [-0.05, 0) is 54.3 Å². The Morgan fingerprint density at radius 2 is 1.68 bits per heavy atom. The van der Waals surface area contributed by atoms with Crippen molar-refractivity contribution in [2.45, 2.75) is 6.10 Å². The molecule has 0 aliphatic carbocycles. The minimum atomic E-state index is -0.622. The van der Waals surface area contributed by atoms with E-state index in [0.717, 1.165) is 29.5 Å². The fourth-order valence-corrected chi connectivity index (χ4v) is 5.08. The summed E-state index contributed by atoms with van der Waals surface area (Å²) in [7, 11) is 0. The summed E-state index contributed by atoms with van der Waals surface area (Å²) < 4.78 is 1.97. The van der Waals surface area contributed by atoms with E-state index in [0.29, 0.717) is 0 Å². The van der Waals surface area contributed by atoms with Crippen LogP contribution in [-0.2, 0) is 0 Å². The van der Waals surface area contributed by atoms with Crippen LogP contribution in [0.3, 0.4) is 0 Å². The molecule has 3 aromatic rings. The predicted octanol–water partition coefficient (Wildman–Crippen LogP) is 5.51. The van der Waals surface area contributed by atoms with Crippen LogP contribution >= 0.6 is 43.2 Å². The molecule has 1 heterocycles. The maximum absolute atomic E-state index is 10.6. The van der Waals surface area contributed by atoms with E-state index in [1.54, 1.807) is 11.3 Å². The van der Waals surface area contributed by atoms with Crippen LogP contribution in [0.25, 0.3) is 10.8 Å². The topological polar surface area (TPSA) is 20.2 Å². The zero-order valence-electron chi connectivity index (χ0n) is 9.81. The number of benzene rings is 2. The van der Waals surface area contributed by atoms with Gasteiger partial charge in [-0.1, -0.05) is 42.5 Å². The highest BCUT2D eigenvalue weighted by Gasteiger charge is 2.18. The van der Waals surface area contributed by atoms with Crippen molar-refractivity contribution in [1.82, 2.24) is 0 Å². The van der Waals surface area contributed by atoms with Gasteiger partial charge in [0.2, 0.25) is 0 Å². The number of hydrogen-bond acceptors (Lipinski definition) is 2. The van der Waals surface area contributed by atoms with Gasteiger partial charge in [-0.15, -0.1) is 11.3 Å². The molecule has 0 fully saturated rings. The summed E-state index contributed by atoms with van der Waals surface area (Å²) in [5.41, 5.74) is 1.83. The van der Waals surface area contributed by atoms with Crippen LogP contribution in [0.1, 0.15) is 17.2 Å². The van der Waals surface area contributed by atoms with Crippen molar-refractivity contribution in [1.29, 1.82) is 0 Å². The molecule has 2 aromatic carbocycles. The smallest absolute Gasteiger partial charge is 0.107 e. The minimum Gasteiger partial charge on any atom is -0.384 e. The molecule has 3 rings (SSSR count). The molecule has 4 heteroatoms. The number of aliphatic hydroxyl groups is 1. The summed E-state index contributed by atoms with van der Waals surface area (Å²) in [6, 6.07) is 16.1. The molecule has 0 saturated heterocycles. The first-order valence-electron chi connectivity index (χ1n) is 5.77. The lowest BCUT2D eigenvalue weighted by molar-refractivity contribution is 0.221. The second kappa shape index (κ2) is 5.37. The number of fused-ring (bicyclic) bond motifs is 1. The van der Waals surface area contributed by atoms with Crippen LogP contribution in [0.15, 0.2) is 56.1 Å². The highest BCUT2D eigenvalue weighted by atomic mass is 79.9. The quantitative estimate of drug-likeness (QED) is 0.604. The van der Waals surface area contributed by atoms with E-state index in [1.165, 1.54) is 0 Å². The van der Waals surface area contributed by atoms with E-state index in [4.69, 9.17) is 0 Å². The molecule has 0 radical (unpaired) electrons. The lowest BCUT2D eigenvalue weighted by Gasteiger charge is -2.13. The zero-order valence-corrected chi connectivity index (χ0v) is 13.8. The average molecular weight is 398 g/mol. The fraction of sp³-hybridized carbons (Fsp3) is 0.0667. The third-order valence-electron chi connectivity index (χ3n) is 3.10. The number of rotatable bonds is 2. The molecule has 1 aromatic heterocycles. The van der Waals surface area contributed by atoms with Crippen LogP contribution in [0, 0.1) is 0 Å². The largest absolute Gasteiger partial charge is 0.384 e. The van der Waals surface area contributed by atoms with E-state index in [1.807, 2.05) is 36.4 Å². The van der Waals surface area contributed by atoms with Crippen molar-refractivity contribution in [3.63, 3.8) is 0 Å². The van der Waals surface area contributed by atoms with Crippen LogP contribution < -0.4 is 0 Å². The molecule has 19 heavy (non-hydrogen) atoms. The lowest BCUT2D eigenvalue weighted by Crippen LogP contribution is -1.99. The molecule has 1 nitrogen and oxygen atoms in total. The van der Waals surface area contributed by atoms with E-state index in [9.17, 15) is 5.11 Å². The molecule has 1 atom stereocenters. The third-order valence-corrected chi connectivity index (χ3v) is 5.48. The summed E-state index contributed by atoms with van der Waals surface area (Å²) in [5, 5.41) is 12.9. The van der Waals surface area contributed by atoms with Gasteiger partial charge in [-0.25, -0.2) is 0 Å². The van der Waals surface area contributed by atoms with Crippen molar-refractivity contribution >= 4 is 54.0 Å². The number of aliphatic hydroxyl groups excluding tert-OH is 1. The van der Waals surface area contributed by atoms with Crippen LogP contribution in [0.2, 0.25) is 0 Å². The molecule has 1 N–H and O–H groups in total. The molecule has 0 aliphatic heterocycles. The Labute approximate surface area is 132 Å². The first-order chi connectivity index (χ1) is 9.16. The van der Waals surface area contributed by atoms with E-state index in [2.05, 4.69) is 44.0 Å². The van der Waals surface area contributed by atoms with Gasteiger partial charge in [-0.3, -0.25) is 0 Å². The standard InChI is InChI=1S/C15H10Br2OS/c16-13-8-12(15(17)19-13)14(18)11-7-3-5-9-4-1-2-6-10(9)11/h1-8,14,18H. The maximum atomic E-state index is 10.6. The lowest BCUT2D eigenvalue weighted by atomic mass is 9.97. The molecule has 0 bridgehead atoms. The van der Waals surface area contributed by atoms with E-state index in [-0.39, 0.29) is 0 Å². The molecule has 0 amide bonds. The Morgan fingerprint density at radius 3 is 2.42 bits per heavy atom. The molecule has 0 aliphatic rings. The van der Waals surface area contributed by atoms with Gasteiger partial charge in [0.15, 0.2) is 0 Å². The van der Waals surface area contributed by atoms with Crippen LogP contribution in [-0.4, -0.2) is 5.11 Å².